The Labute approximate surface area is 183 Å². The van der Waals surface area contributed by atoms with Gasteiger partial charge in [-0.05, 0) is 56.9 Å². The van der Waals surface area contributed by atoms with Crippen LogP contribution in [-0.4, -0.2) is 35.6 Å². The molecule has 8 nitrogen and oxygen atoms in total. The second-order valence-corrected chi connectivity index (χ2v) is 9.38. The number of nitrogens with two attached hydrogens (primary N) is 1. The Balaban J connectivity index is 1.27. The van der Waals surface area contributed by atoms with E-state index in [0.29, 0.717) is 6.04 Å². The Kier molecular flexibility index (Phi) is 5.35. The summed E-state index contributed by atoms with van der Waals surface area (Å²) in [7, 11) is 3.97. The van der Waals surface area contributed by atoms with Crippen molar-refractivity contribution in [2.75, 3.05) is 0 Å². The van der Waals surface area contributed by atoms with Crippen molar-refractivity contribution in [3.05, 3.63) is 47.9 Å². The molecule has 5 rings (SSSR count). The van der Waals surface area contributed by atoms with Gasteiger partial charge >= 0.3 is 0 Å². The van der Waals surface area contributed by atoms with Crippen molar-refractivity contribution in [2.45, 2.75) is 63.1 Å². The standard InChI is InChI=1S/C23H32N8/c1-30-15-17(13-27-30)12-26-18-5-8-23(24,9-6-18)22-25-10-7-20(29-22)19-14-28-31(2)21(19)11-16-3-4-16/h7,10,13-16,18,26H,3-6,8-9,11-12,24H2,1-2H3. The fourth-order valence-corrected chi connectivity index (χ4v) is 4.65. The fraction of sp³-hybridized carbons (Fsp3) is 0.565. The number of nitrogens with zero attached hydrogens (tertiary/aromatic N) is 6. The number of rotatable bonds is 7. The average Bonchev–Trinajstić information content (AvgIpc) is 3.39. The molecule has 0 amide bonds. The topological polar surface area (TPSA) is 99.5 Å². The maximum atomic E-state index is 6.85. The van der Waals surface area contributed by atoms with Crippen molar-refractivity contribution in [1.82, 2.24) is 34.8 Å². The zero-order valence-electron chi connectivity index (χ0n) is 18.5. The highest BCUT2D eigenvalue weighted by Gasteiger charge is 2.36. The molecule has 2 aliphatic carbocycles. The first-order valence-electron chi connectivity index (χ1n) is 11.3. The van der Waals surface area contributed by atoms with Crippen molar-refractivity contribution >= 4 is 0 Å². The fourth-order valence-electron chi connectivity index (χ4n) is 4.65. The van der Waals surface area contributed by atoms with Gasteiger partial charge in [0.2, 0.25) is 0 Å². The molecule has 2 saturated carbocycles. The van der Waals surface area contributed by atoms with E-state index in [4.69, 9.17) is 10.7 Å². The van der Waals surface area contributed by atoms with Crippen molar-refractivity contribution < 1.29 is 0 Å². The Morgan fingerprint density at radius 1 is 1.13 bits per heavy atom. The first-order valence-corrected chi connectivity index (χ1v) is 11.3. The minimum atomic E-state index is -0.471. The smallest absolute Gasteiger partial charge is 0.148 e. The van der Waals surface area contributed by atoms with Gasteiger partial charge in [0.1, 0.15) is 5.82 Å². The van der Waals surface area contributed by atoms with Crippen LogP contribution in [0.4, 0.5) is 0 Å². The normalized spacial score (nSPS) is 23.9. The quantitative estimate of drug-likeness (QED) is 0.609. The average molecular weight is 421 g/mol. The highest BCUT2D eigenvalue weighted by atomic mass is 15.3. The Hall–Kier alpha value is -2.58. The summed E-state index contributed by atoms with van der Waals surface area (Å²) in [6.07, 6.45) is 15.3. The van der Waals surface area contributed by atoms with Crippen LogP contribution in [0, 0.1) is 5.92 Å². The molecular weight excluding hydrogens is 388 g/mol. The third-order valence-corrected chi connectivity index (χ3v) is 6.85. The van der Waals surface area contributed by atoms with Crippen LogP contribution in [0.5, 0.6) is 0 Å². The lowest BCUT2D eigenvalue weighted by Crippen LogP contribution is -2.46. The van der Waals surface area contributed by atoms with Crippen LogP contribution >= 0.6 is 0 Å². The summed E-state index contributed by atoms with van der Waals surface area (Å²) in [5.41, 5.74) is 10.9. The molecule has 3 N–H and O–H groups in total. The minimum absolute atomic E-state index is 0.462. The van der Waals surface area contributed by atoms with Gasteiger partial charge in [0, 0.05) is 55.9 Å². The molecule has 0 spiro atoms. The lowest BCUT2D eigenvalue weighted by Gasteiger charge is -2.36. The molecule has 164 valence electrons. The molecular formula is C23H32N8. The number of hydrogen-bond donors (Lipinski definition) is 2. The van der Waals surface area contributed by atoms with E-state index in [1.165, 1.54) is 24.1 Å². The van der Waals surface area contributed by atoms with E-state index in [2.05, 4.69) is 26.7 Å². The third-order valence-electron chi connectivity index (χ3n) is 6.85. The van der Waals surface area contributed by atoms with Gasteiger partial charge in [0.25, 0.3) is 0 Å². The van der Waals surface area contributed by atoms with Gasteiger partial charge in [-0.25, -0.2) is 9.97 Å². The largest absolute Gasteiger partial charge is 0.319 e. The van der Waals surface area contributed by atoms with E-state index in [9.17, 15) is 0 Å². The highest BCUT2D eigenvalue weighted by molar-refractivity contribution is 5.61. The van der Waals surface area contributed by atoms with Crippen LogP contribution in [0.3, 0.4) is 0 Å². The maximum absolute atomic E-state index is 6.85. The monoisotopic (exact) mass is 420 g/mol. The molecule has 2 fully saturated rings. The summed E-state index contributed by atoms with van der Waals surface area (Å²) in [6, 6.07) is 2.45. The molecule has 0 saturated heterocycles. The van der Waals surface area contributed by atoms with E-state index < -0.39 is 5.54 Å². The molecule has 3 aromatic heterocycles. The molecule has 0 bridgehead atoms. The Morgan fingerprint density at radius 3 is 2.65 bits per heavy atom. The van der Waals surface area contributed by atoms with Gasteiger partial charge in [-0.3, -0.25) is 9.36 Å². The van der Waals surface area contributed by atoms with Gasteiger partial charge in [0.05, 0.1) is 23.6 Å². The second kappa shape index (κ2) is 8.16. The first kappa shape index (κ1) is 20.3. The molecule has 0 unspecified atom stereocenters. The molecule has 3 heterocycles. The van der Waals surface area contributed by atoms with E-state index in [-0.39, 0.29) is 0 Å². The lowest BCUT2D eigenvalue weighted by atomic mass is 9.79. The summed E-state index contributed by atoms with van der Waals surface area (Å²) in [6.45, 7) is 0.840. The highest BCUT2D eigenvalue weighted by Crippen LogP contribution is 2.37. The van der Waals surface area contributed by atoms with Crippen molar-refractivity contribution in [3.8, 4) is 11.3 Å². The third kappa shape index (κ3) is 4.41. The van der Waals surface area contributed by atoms with E-state index in [1.54, 1.807) is 0 Å². The van der Waals surface area contributed by atoms with Crippen molar-refractivity contribution in [2.24, 2.45) is 25.7 Å². The van der Waals surface area contributed by atoms with Crippen LogP contribution in [0.1, 0.15) is 55.6 Å². The van der Waals surface area contributed by atoms with Crippen LogP contribution in [0.25, 0.3) is 11.3 Å². The van der Waals surface area contributed by atoms with Crippen LogP contribution in [0.2, 0.25) is 0 Å². The van der Waals surface area contributed by atoms with Gasteiger partial charge in [-0.1, -0.05) is 0 Å². The van der Waals surface area contributed by atoms with E-state index >= 15 is 0 Å². The summed E-state index contributed by atoms with van der Waals surface area (Å²) in [5, 5.41) is 12.4. The van der Waals surface area contributed by atoms with E-state index in [0.717, 1.165) is 61.6 Å². The predicted octanol–water partition coefficient (Wildman–Crippen LogP) is 2.45. The summed E-state index contributed by atoms with van der Waals surface area (Å²) in [5.74, 6) is 1.56. The first-order chi connectivity index (χ1) is 15.0. The predicted molar refractivity (Wildman–Crippen MR) is 119 cm³/mol. The van der Waals surface area contributed by atoms with Crippen molar-refractivity contribution in [1.29, 1.82) is 0 Å². The molecule has 0 radical (unpaired) electrons. The Bertz CT molecular complexity index is 1040. The minimum Gasteiger partial charge on any atom is -0.319 e. The summed E-state index contributed by atoms with van der Waals surface area (Å²) >= 11 is 0. The number of hydrogen-bond acceptors (Lipinski definition) is 6. The summed E-state index contributed by atoms with van der Waals surface area (Å²) in [4.78, 5) is 9.54. The second-order valence-electron chi connectivity index (χ2n) is 9.38. The van der Waals surface area contributed by atoms with Gasteiger partial charge in [0.15, 0.2) is 0 Å². The van der Waals surface area contributed by atoms with Gasteiger partial charge in [-0.2, -0.15) is 10.2 Å². The Morgan fingerprint density at radius 2 is 1.94 bits per heavy atom. The summed E-state index contributed by atoms with van der Waals surface area (Å²) < 4.78 is 3.83. The lowest BCUT2D eigenvalue weighted by molar-refractivity contribution is 0.240. The van der Waals surface area contributed by atoms with Crippen LogP contribution in [-0.2, 0) is 32.6 Å². The van der Waals surface area contributed by atoms with Crippen LogP contribution in [0.15, 0.2) is 30.9 Å². The molecule has 2 aliphatic rings. The maximum Gasteiger partial charge on any atom is 0.148 e. The van der Waals surface area contributed by atoms with E-state index in [1.807, 2.05) is 48.1 Å². The van der Waals surface area contributed by atoms with Crippen LogP contribution < -0.4 is 11.1 Å². The molecule has 8 heteroatoms. The number of aryl methyl sites for hydroxylation is 2. The number of aromatic nitrogens is 6. The molecule has 31 heavy (non-hydrogen) atoms. The zero-order chi connectivity index (χ0) is 21.4. The molecule has 0 aliphatic heterocycles. The SMILES string of the molecule is Cn1cc(CNC2CCC(N)(c3nccc(-c4cnn(C)c4CC4CC4)n3)CC2)cn1. The molecule has 3 aromatic rings. The van der Waals surface area contributed by atoms with Gasteiger partial charge in [-0.15, -0.1) is 0 Å². The zero-order valence-corrected chi connectivity index (χ0v) is 18.5. The molecule has 0 aromatic carbocycles. The van der Waals surface area contributed by atoms with Gasteiger partial charge < -0.3 is 11.1 Å². The van der Waals surface area contributed by atoms with Crippen molar-refractivity contribution in [3.63, 3.8) is 0 Å². The molecule has 0 atom stereocenters. The number of nitrogens with one attached hydrogen (secondary N) is 1.